The molecule has 8 heteroatoms. The van der Waals surface area contributed by atoms with Gasteiger partial charge in [-0.25, -0.2) is 0 Å². The van der Waals surface area contributed by atoms with E-state index in [0.29, 0.717) is 17.9 Å². The summed E-state index contributed by atoms with van der Waals surface area (Å²) in [5.74, 6) is 0.454. The van der Waals surface area contributed by atoms with Crippen LogP contribution in [-0.4, -0.2) is 35.5 Å². The number of nitrogens with one attached hydrogen (secondary N) is 3. The van der Waals surface area contributed by atoms with E-state index in [9.17, 15) is 14.7 Å². The molecule has 4 rings (SSSR count). The largest absolute Gasteiger partial charge is 0.369 e. The molecule has 1 aliphatic rings. The number of aryl methyl sites for hydroxylation is 1. The average molecular weight is 469 g/mol. The van der Waals surface area contributed by atoms with Crippen molar-refractivity contribution in [1.82, 2.24) is 10.3 Å². The van der Waals surface area contributed by atoms with Crippen LogP contribution < -0.4 is 15.5 Å². The number of H-pyrrole nitrogens is 1. The van der Waals surface area contributed by atoms with Crippen molar-refractivity contribution in [2.45, 2.75) is 52.2 Å². The molecule has 2 amide bonds. The molecule has 33 heavy (non-hydrogen) atoms. The second kappa shape index (κ2) is 9.97. The van der Waals surface area contributed by atoms with Gasteiger partial charge in [-0.3, -0.25) is 9.59 Å². The number of amides is 2. The lowest BCUT2D eigenvalue weighted by Gasteiger charge is -2.26. The molecule has 3 aromatic rings. The van der Waals surface area contributed by atoms with E-state index in [0.717, 1.165) is 52.0 Å². The van der Waals surface area contributed by atoms with Crippen LogP contribution in [0.2, 0.25) is 0 Å². The topological polar surface area (TPSA) is 97.5 Å². The summed E-state index contributed by atoms with van der Waals surface area (Å²) in [5, 5.41) is 17.4. The van der Waals surface area contributed by atoms with Gasteiger partial charge in [-0.1, -0.05) is 19.3 Å². The van der Waals surface area contributed by atoms with Crippen molar-refractivity contribution in [3.63, 3.8) is 0 Å². The second-order valence-electron chi connectivity index (χ2n) is 8.69. The highest BCUT2D eigenvalue weighted by atomic mass is 32.1. The van der Waals surface area contributed by atoms with Crippen molar-refractivity contribution < 1.29 is 14.7 Å². The smallest absolute Gasteiger partial charge is 0.255 e. The second-order valence-corrected chi connectivity index (χ2v) is 10.0. The van der Waals surface area contributed by atoms with Crippen LogP contribution in [0.3, 0.4) is 0 Å². The first-order chi connectivity index (χ1) is 15.9. The zero-order valence-corrected chi connectivity index (χ0v) is 20.2. The van der Waals surface area contributed by atoms with Crippen molar-refractivity contribution in [1.29, 1.82) is 0 Å². The predicted octanol–water partition coefficient (Wildman–Crippen LogP) is 4.93. The molecule has 0 radical (unpaired) electrons. The fourth-order valence-corrected chi connectivity index (χ4v) is 5.36. The minimum Gasteiger partial charge on any atom is -0.369 e. The van der Waals surface area contributed by atoms with Gasteiger partial charge in [-0.2, -0.15) is 0 Å². The van der Waals surface area contributed by atoms with E-state index >= 15 is 0 Å². The van der Waals surface area contributed by atoms with E-state index in [1.54, 1.807) is 4.90 Å². The number of thiophene rings is 1. The lowest BCUT2D eigenvalue weighted by atomic mass is 9.88. The van der Waals surface area contributed by atoms with Gasteiger partial charge >= 0.3 is 0 Å². The first kappa shape index (κ1) is 23.3. The Kier molecular flexibility index (Phi) is 7.05. The van der Waals surface area contributed by atoms with Gasteiger partial charge in [0, 0.05) is 41.0 Å². The molecule has 0 aliphatic heterocycles. The van der Waals surface area contributed by atoms with Crippen LogP contribution in [0.25, 0.3) is 10.9 Å². The minimum absolute atomic E-state index is 0.0793. The molecule has 1 atom stereocenters. The van der Waals surface area contributed by atoms with Crippen LogP contribution in [0, 0.1) is 12.8 Å². The number of aliphatic hydroxyl groups excluding tert-OH is 1. The molecule has 1 fully saturated rings. The van der Waals surface area contributed by atoms with E-state index in [-0.39, 0.29) is 17.7 Å². The third-order valence-corrected chi connectivity index (χ3v) is 7.38. The van der Waals surface area contributed by atoms with Crippen LogP contribution in [0.5, 0.6) is 0 Å². The zero-order chi connectivity index (χ0) is 23.5. The monoisotopic (exact) mass is 468 g/mol. The van der Waals surface area contributed by atoms with Gasteiger partial charge in [-0.15, -0.1) is 11.3 Å². The van der Waals surface area contributed by atoms with Gasteiger partial charge in [0.1, 0.15) is 5.82 Å². The summed E-state index contributed by atoms with van der Waals surface area (Å²) >= 11 is 1.50. The molecular weight excluding hydrogens is 436 g/mol. The zero-order valence-electron chi connectivity index (χ0n) is 19.4. The van der Waals surface area contributed by atoms with Crippen LogP contribution in [0.1, 0.15) is 65.4 Å². The molecule has 7 nitrogen and oxygen atoms in total. The number of hydrogen-bond donors (Lipinski definition) is 4. The Morgan fingerprint density at radius 1 is 1.21 bits per heavy atom. The van der Waals surface area contributed by atoms with Crippen molar-refractivity contribution in [2.24, 2.45) is 5.92 Å². The van der Waals surface area contributed by atoms with Gasteiger partial charge < -0.3 is 25.6 Å². The summed E-state index contributed by atoms with van der Waals surface area (Å²) in [6, 6.07) is 9.46. The summed E-state index contributed by atoms with van der Waals surface area (Å²) in [5.41, 5.74) is 1.96. The van der Waals surface area contributed by atoms with E-state index in [4.69, 9.17) is 0 Å². The summed E-state index contributed by atoms with van der Waals surface area (Å²) in [4.78, 5) is 32.7. The van der Waals surface area contributed by atoms with Crippen molar-refractivity contribution >= 4 is 45.6 Å². The summed E-state index contributed by atoms with van der Waals surface area (Å²) < 4.78 is 0. The fraction of sp³-hybridized carbons (Fsp3) is 0.440. The molecule has 1 aromatic carbocycles. The standard InChI is InChI=1S/C25H32N4O3S/c1-4-26-24(31)21-18-12-11-17(29(3)25(32)16-8-6-5-7-9-16)14-19(18)27-22(21)28-23(30)20-13-10-15(2)33-20/h10-14,16,23,27-28,30H,4-9H2,1-3H3,(H,26,31). The van der Waals surface area contributed by atoms with Gasteiger partial charge in [-0.05, 0) is 57.0 Å². The maximum Gasteiger partial charge on any atom is 0.255 e. The normalized spacial score (nSPS) is 15.4. The number of anilines is 2. The Bertz CT molecular complexity index is 1150. The number of benzene rings is 1. The van der Waals surface area contributed by atoms with Crippen LogP contribution in [0.15, 0.2) is 30.3 Å². The number of hydrogen-bond acceptors (Lipinski definition) is 5. The number of carbonyl (C=O) groups excluding carboxylic acids is 2. The van der Waals surface area contributed by atoms with Gasteiger partial charge in [0.25, 0.3) is 5.91 Å². The average Bonchev–Trinajstić information content (AvgIpc) is 3.41. The van der Waals surface area contributed by atoms with E-state index < -0.39 is 6.23 Å². The Labute approximate surface area is 198 Å². The van der Waals surface area contributed by atoms with Crippen molar-refractivity contribution in [3.05, 3.63) is 45.6 Å². The Hall–Kier alpha value is -2.84. The predicted molar refractivity (Wildman–Crippen MR) is 134 cm³/mol. The fourth-order valence-electron chi connectivity index (χ4n) is 4.55. The summed E-state index contributed by atoms with van der Waals surface area (Å²) in [7, 11) is 1.81. The van der Waals surface area contributed by atoms with Crippen LogP contribution in [0.4, 0.5) is 11.5 Å². The first-order valence-corrected chi connectivity index (χ1v) is 12.4. The Balaban J connectivity index is 1.66. The molecule has 1 unspecified atom stereocenters. The minimum atomic E-state index is -0.944. The van der Waals surface area contributed by atoms with Crippen molar-refractivity contribution in [3.8, 4) is 0 Å². The molecule has 176 valence electrons. The van der Waals surface area contributed by atoms with E-state index in [1.807, 2.05) is 51.2 Å². The molecule has 0 saturated heterocycles. The van der Waals surface area contributed by atoms with E-state index in [1.165, 1.54) is 17.8 Å². The van der Waals surface area contributed by atoms with E-state index in [2.05, 4.69) is 15.6 Å². The van der Waals surface area contributed by atoms with Gasteiger partial charge in [0.05, 0.1) is 10.4 Å². The molecule has 1 saturated carbocycles. The maximum atomic E-state index is 13.0. The molecular formula is C25H32N4O3S. The highest BCUT2D eigenvalue weighted by molar-refractivity contribution is 7.12. The lowest BCUT2D eigenvalue weighted by Crippen LogP contribution is -2.33. The number of rotatable bonds is 7. The van der Waals surface area contributed by atoms with Crippen LogP contribution in [-0.2, 0) is 4.79 Å². The third-order valence-electron chi connectivity index (χ3n) is 6.33. The maximum absolute atomic E-state index is 13.0. The molecule has 4 N–H and O–H groups in total. The van der Waals surface area contributed by atoms with Crippen molar-refractivity contribution in [2.75, 3.05) is 23.8 Å². The summed E-state index contributed by atoms with van der Waals surface area (Å²) in [6.07, 6.45) is 4.37. The van der Waals surface area contributed by atoms with Gasteiger partial charge in [0.2, 0.25) is 5.91 Å². The molecule has 2 heterocycles. The number of aliphatic hydroxyl groups is 1. The Morgan fingerprint density at radius 2 is 1.97 bits per heavy atom. The number of aromatic nitrogens is 1. The lowest BCUT2D eigenvalue weighted by molar-refractivity contribution is -0.123. The first-order valence-electron chi connectivity index (χ1n) is 11.6. The highest BCUT2D eigenvalue weighted by Gasteiger charge is 2.26. The highest BCUT2D eigenvalue weighted by Crippen LogP contribution is 2.33. The number of aromatic amines is 1. The molecule has 1 aliphatic carbocycles. The molecule has 0 bridgehead atoms. The summed E-state index contributed by atoms with van der Waals surface area (Å²) in [6.45, 7) is 4.35. The van der Waals surface area contributed by atoms with Gasteiger partial charge in [0.15, 0.2) is 6.23 Å². The Morgan fingerprint density at radius 3 is 2.64 bits per heavy atom. The number of nitrogens with zero attached hydrogens (tertiary/aromatic N) is 1. The molecule has 0 spiro atoms. The molecule has 2 aromatic heterocycles. The third kappa shape index (κ3) is 4.91. The quantitative estimate of drug-likeness (QED) is 0.370. The number of carbonyl (C=O) groups is 2. The SMILES string of the molecule is CCNC(=O)c1c(NC(O)c2ccc(C)s2)[nH]c2cc(N(C)C(=O)C3CCCCC3)ccc12. The van der Waals surface area contributed by atoms with Crippen LogP contribution >= 0.6 is 11.3 Å². The number of fused-ring (bicyclic) bond motifs is 1.